The Balaban J connectivity index is 3.14. The van der Waals surface area contributed by atoms with E-state index in [1.54, 1.807) is 13.8 Å². The number of carbonyl (C=O) groups excluding carboxylic acids is 3. The van der Waals surface area contributed by atoms with Gasteiger partial charge < -0.3 is 18.6 Å². The Kier molecular flexibility index (Phi) is 7.29. The number of aryl methyl sites for hydroxylation is 1. The zero-order chi connectivity index (χ0) is 18.3. The van der Waals surface area contributed by atoms with E-state index in [1.807, 2.05) is 13.8 Å². The average molecular weight is 341 g/mol. The highest BCUT2D eigenvalue weighted by Crippen LogP contribution is 2.29. The van der Waals surface area contributed by atoms with Crippen molar-refractivity contribution in [1.29, 1.82) is 0 Å². The summed E-state index contributed by atoms with van der Waals surface area (Å²) in [6.45, 7) is 8.94. The molecule has 0 aliphatic heterocycles. The fraction of sp³-hybridized carbons (Fsp3) is 0.562. The second kappa shape index (κ2) is 8.95. The monoisotopic (exact) mass is 341 g/mol. The molecule has 0 aliphatic carbocycles. The van der Waals surface area contributed by atoms with Gasteiger partial charge in [-0.05, 0) is 26.7 Å². The summed E-state index contributed by atoms with van der Waals surface area (Å²) in [6.07, 6.45) is -0.793. The van der Waals surface area contributed by atoms with Gasteiger partial charge in [-0.3, -0.25) is 5.32 Å². The Morgan fingerprint density at radius 2 is 1.54 bits per heavy atom. The van der Waals surface area contributed by atoms with Crippen LogP contribution in [0.1, 0.15) is 54.2 Å². The molecule has 1 amide bonds. The zero-order valence-corrected chi connectivity index (χ0v) is 14.6. The highest BCUT2D eigenvalue weighted by Gasteiger charge is 2.31. The highest BCUT2D eigenvalue weighted by atomic mass is 16.6. The standard InChI is InChI=1S/C16H23NO7/c1-6-21-14(18)11-10(5)24-13(12(11)15(19)22-7-2)17-16(20)23-8-9(3)4/h9H,6-8H2,1-5H3,(H,17,20). The van der Waals surface area contributed by atoms with Gasteiger partial charge in [0.05, 0.1) is 19.8 Å². The molecule has 0 bridgehead atoms. The smallest absolute Gasteiger partial charge is 0.414 e. The topological polar surface area (TPSA) is 104 Å². The van der Waals surface area contributed by atoms with Gasteiger partial charge in [0.25, 0.3) is 0 Å². The maximum atomic E-state index is 12.2. The Labute approximate surface area is 140 Å². The first-order valence-corrected chi connectivity index (χ1v) is 7.73. The van der Waals surface area contributed by atoms with Gasteiger partial charge >= 0.3 is 18.0 Å². The number of carbonyl (C=O) groups is 3. The summed E-state index contributed by atoms with van der Waals surface area (Å²) < 4.78 is 20.2. The van der Waals surface area contributed by atoms with Gasteiger partial charge in [0.15, 0.2) is 0 Å². The average Bonchev–Trinajstić information content (AvgIpc) is 2.81. The van der Waals surface area contributed by atoms with Crippen molar-refractivity contribution < 1.29 is 33.0 Å². The molecule has 0 spiro atoms. The number of esters is 2. The van der Waals surface area contributed by atoms with Gasteiger partial charge in [-0.1, -0.05) is 13.8 Å². The lowest BCUT2D eigenvalue weighted by molar-refractivity contribution is 0.0480. The van der Waals surface area contributed by atoms with Crippen LogP contribution in [0.5, 0.6) is 0 Å². The van der Waals surface area contributed by atoms with Crippen molar-refractivity contribution in [2.75, 3.05) is 25.1 Å². The zero-order valence-electron chi connectivity index (χ0n) is 14.6. The third kappa shape index (κ3) is 5.00. The van der Waals surface area contributed by atoms with Crippen LogP contribution in [0.3, 0.4) is 0 Å². The number of amides is 1. The molecule has 24 heavy (non-hydrogen) atoms. The van der Waals surface area contributed by atoms with Crippen molar-refractivity contribution in [3.63, 3.8) is 0 Å². The van der Waals surface area contributed by atoms with E-state index in [0.717, 1.165) is 0 Å². The Bertz CT molecular complexity index is 604. The molecule has 134 valence electrons. The Morgan fingerprint density at radius 1 is 1.00 bits per heavy atom. The van der Waals surface area contributed by atoms with E-state index in [9.17, 15) is 14.4 Å². The molecule has 0 unspecified atom stereocenters. The SMILES string of the molecule is CCOC(=O)c1c(C)oc(NC(=O)OCC(C)C)c1C(=O)OCC. The van der Waals surface area contributed by atoms with Gasteiger partial charge in [0.2, 0.25) is 5.88 Å². The number of hydrogen-bond donors (Lipinski definition) is 1. The van der Waals surface area contributed by atoms with E-state index in [0.29, 0.717) is 0 Å². The van der Waals surface area contributed by atoms with Crippen molar-refractivity contribution >= 4 is 23.9 Å². The van der Waals surface area contributed by atoms with Crippen molar-refractivity contribution in [2.45, 2.75) is 34.6 Å². The predicted molar refractivity (Wildman–Crippen MR) is 85.2 cm³/mol. The van der Waals surface area contributed by atoms with Crippen LogP contribution in [0.25, 0.3) is 0 Å². The third-order valence-corrected chi connectivity index (χ3v) is 2.81. The molecule has 0 radical (unpaired) electrons. The van der Waals surface area contributed by atoms with Crippen LogP contribution in [0.4, 0.5) is 10.7 Å². The predicted octanol–water partition coefficient (Wildman–Crippen LogP) is 3.15. The van der Waals surface area contributed by atoms with Crippen LogP contribution in [0.2, 0.25) is 0 Å². The minimum absolute atomic E-state index is 0.0746. The minimum Gasteiger partial charge on any atom is -0.462 e. The van der Waals surface area contributed by atoms with Gasteiger partial charge in [0, 0.05) is 0 Å². The quantitative estimate of drug-likeness (QED) is 0.600. The second-order valence-corrected chi connectivity index (χ2v) is 5.30. The number of anilines is 1. The molecule has 1 N–H and O–H groups in total. The van der Waals surface area contributed by atoms with Crippen LogP contribution >= 0.6 is 0 Å². The molecule has 1 heterocycles. The molecule has 0 saturated heterocycles. The van der Waals surface area contributed by atoms with Gasteiger partial charge in [-0.2, -0.15) is 0 Å². The number of furan rings is 1. The molecule has 8 nitrogen and oxygen atoms in total. The third-order valence-electron chi connectivity index (χ3n) is 2.81. The summed E-state index contributed by atoms with van der Waals surface area (Å²) in [6, 6.07) is 0. The molecular formula is C16H23NO7. The molecular weight excluding hydrogens is 318 g/mol. The minimum atomic E-state index is -0.795. The van der Waals surface area contributed by atoms with Crippen LogP contribution in [0, 0.1) is 12.8 Å². The molecule has 8 heteroatoms. The summed E-state index contributed by atoms with van der Waals surface area (Å²) in [5.41, 5.74) is -0.260. The van der Waals surface area contributed by atoms with Crippen molar-refractivity contribution in [2.24, 2.45) is 5.92 Å². The molecule has 0 fully saturated rings. The first kappa shape index (κ1) is 19.5. The number of hydrogen-bond acceptors (Lipinski definition) is 7. The molecule has 1 aromatic heterocycles. The summed E-state index contributed by atoms with van der Waals surface area (Å²) in [5, 5.41) is 2.33. The van der Waals surface area contributed by atoms with Gasteiger partial charge in [-0.15, -0.1) is 0 Å². The van der Waals surface area contributed by atoms with Crippen LogP contribution in [-0.2, 0) is 14.2 Å². The normalized spacial score (nSPS) is 10.4. The van der Waals surface area contributed by atoms with E-state index in [4.69, 9.17) is 18.6 Å². The molecule has 1 aromatic rings. The first-order valence-electron chi connectivity index (χ1n) is 7.73. The van der Waals surface area contributed by atoms with Gasteiger partial charge in [0.1, 0.15) is 16.9 Å². The van der Waals surface area contributed by atoms with Crippen LogP contribution in [-0.4, -0.2) is 37.9 Å². The van der Waals surface area contributed by atoms with E-state index in [1.165, 1.54) is 6.92 Å². The summed E-state index contributed by atoms with van der Waals surface area (Å²) in [7, 11) is 0. The number of ether oxygens (including phenoxy) is 3. The molecule has 1 rings (SSSR count). The van der Waals surface area contributed by atoms with Crippen molar-refractivity contribution in [3.05, 3.63) is 16.9 Å². The van der Waals surface area contributed by atoms with Crippen molar-refractivity contribution in [1.82, 2.24) is 0 Å². The van der Waals surface area contributed by atoms with Crippen molar-refractivity contribution in [3.8, 4) is 0 Å². The second-order valence-electron chi connectivity index (χ2n) is 5.30. The summed E-state index contributed by atoms with van der Waals surface area (Å²) >= 11 is 0. The highest BCUT2D eigenvalue weighted by molar-refractivity contribution is 6.08. The lowest BCUT2D eigenvalue weighted by Crippen LogP contribution is -2.19. The maximum absolute atomic E-state index is 12.2. The summed E-state index contributed by atoms with van der Waals surface area (Å²) in [4.78, 5) is 36.1. The van der Waals surface area contributed by atoms with E-state index in [2.05, 4.69) is 5.32 Å². The fourth-order valence-corrected chi connectivity index (χ4v) is 1.85. The van der Waals surface area contributed by atoms with E-state index in [-0.39, 0.29) is 48.5 Å². The van der Waals surface area contributed by atoms with Crippen LogP contribution in [0.15, 0.2) is 4.42 Å². The lowest BCUT2D eigenvalue weighted by Gasteiger charge is -2.08. The molecule has 0 saturated carbocycles. The first-order chi connectivity index (χ1) is 11.3. The maximum Gasteiger partial charge on any atom is 0.414 e. The largest absolute Gasteiger partial charge is 0.462 e. The fourth-order valence-electron chi connectivity index (χ4n) is 1.85. The number of rotatable bonds is 7. The Morgan fingerprint density at radius 3 is 2.04 bits per heavy atom. The lowest BCUT2D eigenvalue weighted by atomic mass is 10.1. The van der Waals surface area contributed by atoms with Crippen LogP contribution < -0.4 is 5.32 Å². The Hall–Kier alpha value is -2.51. The molecule has 0 aromatic carbocycles. The number of nitrogens with one attached hydrogen (secondary N) is 1. The summed E-state index contributed by atoms with van der Waals surface area (Å²) in [5.74, 6) is -1.45. The van der Waals surface area contributed by atoms with E-state index >= 15 is 0 Å². The van der Waals surface area contributed by atoms with E-state index < -0.39 is 18.0 Å². The van der Waals surface area contributed by atoms with Gasteiger partial charge in [-0.25, -0.2) is 14.4 Å². The molecule has 0 atom stereocenters. The molecule has 0 aliphatic rings.